The molecule has 0 radical (unpaired) electrons. The SMILES string of the molecule is CN=C(NCCCc1nc2c(s1)CCCC2)NC1CC1.I. The number of aliphatic imine (C=N–C) groups is 1. The standard InChI is InChI=1S/C15H24N4S.HI/c1-16-15(18-11-8-9-11)17-10-4-7-14-19-12-5-2-3-6-13(12)20-14;/h11H,2-10H2,1H3,(H2,16,17,18);1H. The molecule has 0 aromatic carbocycles. The summed E-state index contributed by atoms with van der Waals surface area (Å²) in [6.45, 7) is 0.969. The Bertz CT molecular complexity index is 459. The smallest absolute Gasteiger partial charge is 0.191 e. The first-order chi connectivity index (χ1) is 9.85. The van der Waals surface area contributed by atoms with Crippen LogP contribution in [0.4, 0.5) is 0 Å². The second-order valence-electron chi connectivity index (χ2n) is 5.71. The van der Waals surface area contributed by atoms with Crippen molar-refractivity contribution >= 4 is 41.3 Å². The van der Waals surface area contributed by atoms with Crippen LogP contribution in [0.1, 0.15) is 47.7 Å². The summed E-state index contributed by atoms with van der Waals surface area (Å²) < 4.78 is 0. The van der Waals surface area contributed by atoms with Crippen LogP contribution in [0, 0.1) is 0 Å². The molecule has 118 valence electrons. The van der Waals surface area contributed by atoms with Gasteiger partial charge in [0.2, 0.25) is 0 Å². The van der Waals surface area contributed by atoms with E-state index in [1.54, 1.807) is 4.88 Å². The summed E-state index contributed by atoms with van der Waals surface area (Å²) in [5.74, 6) is 0.950. The Hall–Kier alpha value is -0.370. The number of hydrogen-bond acceptors (Lipinski definition) is 3. The predicted octanol–water partition coefficient (Wildman–Crippen LogP) is 2.90. The quantitative estimate of drug-likeness (QED) is 0.333. The number of nitrogens with one attached hydrogen (secondary N) is 2. The molecule has 0 bridgehead atoms. The van der Waals surface area contributed by atoms with Gasteiger partial charge >= 0.3 is 0 Å². The van der Waals surface area contributed by atoms with Crippen LogP contribution >= 0.6 is 35.3 Å². The molecular weight excluding hydrogens is 395 g/mol. The molecule has 6 heteroatoms. The van der Waals surface area contributed by atoms with Crippen LogP contribution in [-0.2, 0) is 19.3 Å². The average Bonchev–Trinajstić information content (AvgIpc) is 3.19. The van der Waals surface area contributed by atoms with Gasteiger partial charge in [0, 0.05) is 30.9 Å². The third-order valence-corrected chi connectivity index (χ3v) is 5.11. The lowest BCUT2D eigenvalue weighted by atomic mass is 10.0. The first-order valence-electron chi connectivity index (χ1n) is 7.80. The molecule has 0 unspecified atom stereocenters. The first kappa shape index (κ1) is 17.0. The number of guanidine groups is 1. The number of halogens is 1. The third-order valence-electron chi connectivity index (χ3n) is 3.89. The molecule has 1 fully saturated rings. The van der Waals surface area contributed by atoms with Crippen LogP contribution in [0.5, 0.6) is 0 Å². The third kappa shape index (κ3) is 5.09. The van der Waals surface area contributed by atoms with Gasteiger partial charge in [0.15, 0.2) is 5.96 Å². The van der Waals surface area contributed by atoms with Gasteiger partial charge in [0.25, 0.3) is 0 Å². The summed E-state index contributed by atoms with van der Waals surface area (Å²) in [5.41, 5.74) is 1.38. The van der Waals surface area contributed by atoms with Gasteiger partial charge in [-0.15, -0.1) is 35.3 Å². The highest BCUT2D eigenvalue weighted by Crippen LogP contribution is 2.27. The number of thiazole rings is 1. The van der Waals surface area contributed by atoms with Crippen molar-refractivity contribution in [2.45, 2.75) is 57.4 Å². The highest BCUT2D eigenvalue weighted by atomic mass is 127. The zero-order chi connectivity index (χ0) is 13.8. The Morgan fingerprint density at radius 3 is 2.86 bits per heavy atom. The number of rotatable bonds is 5. The lowest BCUT2D eigenvalue weighted by Gasteiger charge is -2.10. The Morgan fingerprint density at radius 1 is 1.33 bits per heavy atom. The van der Waals surface area contributed by atoms with Gasteiger partial charge in [-0.1, -0.05) is 0 Å². The molecule has 0 atom stereocenters. The van der Waals surface area contributed by atoms with E-state index in [1.165, 1.54) is 49.2 Å². The summed E-state index contributed by atoms with van der Waals surface area (Å²) in [7, 11) is 1.84. The van der Waals surface area contributed by atoms with Crippen LogP contribution in [0.3, 0.4) is 0 Å². The largest absolute Gasteiger partial charge is 0.356 e. The van der Waals surface area contributed by atoms with Crippen molar-refractivity contribution in [2.24, 2.45) is 4.99 Å². The normalized spacial score (nSPS) is 17.9. The van der Waals surface area contributed by atoms with Crippen LogP contribution in [0.25, 0.3) is 0 Å². The molecular formula is C15H25IN4S. The fraction of sp³-hybridized carbons (Fsp3) is 0.733. The van der Waals surface area contributed by atoms with Crippen LogP contribution in [0.2, 0.25) is 0 Å². The molecule has 2 aliphatic rings. The molecule has 0 spiro atoms. The Kier molecular flexibility index (Phi) is 6.73. The number of aromatic nitrogens is 1. The van der Waals surface area contributed by atoms with Gasteiger partial charge in [-0.05, 0) is 44.9 Å². The lowest BCUT2D eigenvalue weighted by molar-refractivity contribution is 0.678. The Balaban J connectivity index is 0.00000161. The van der Waals surface area contributed by atoms with Gasteiger partial charge < -0.3 is 10.6 Å². The van der Waals surface area contributed by atoms with Gasteiger partial charge in [-0.25, -0.2) is 4.98 Å². The van der Waals surface area contributed by atoms with Crippen LogP contribution in [0.15, 0.2) is 4.99 Å². The van der Waals surface area contributed by atoms with Crippen LogP contribution in [-0.4, -0.2) is 30.6 Å². The van der Waals surface area contributed by atoms with Crippen molar-refractivity contribution in [3.63, 3.8) is 0 Å². The van der Waals surface area contributed by atoms with E-state index in [-0.39, 0.29) is 24.0 Å². The second-order valence-corrected chi connectivity index (χ2v) is 6.87. The molecule has 2 N–H and O–H groups in total. The minimum Gasteiger partial charge on any atom is -0.356 e. The summed E-state index contributed by atoms with van der Waals surface area (Å²) in [4.78, 5) is 10.6. The maximum Gasteiger partial charge on any atom is 0.191 e. The van der Waals surface area contributed by atoms with Crippen molar-refractivity contribution < 1.29 is 0 Å². The minimum absolute atomic E-state index is 0. The fourth-order valence-electron chi connectivity index (χ4n) is 2.57. The van der Waals surface area contributed by atoms with Crippen LogP contribution < -0.4 is 10.6 Å². The first-order valence-corrected chi connectivity index (χ1v) is 8.61. The Morgan fingerprint density at radius 2 is 2.14 bits per heavy atom. The monoisotopic (exact) mass is 420 g/mol. The summed E-state index contributed by atoms with van der Waals surface area (Å²) in [6.07, 6.45) is 9.89. The average molecular weight is 420 g/mol. The highest BCUT2D eigenvalue weighted by molar-refractivity contribution is 14.0. The number of fused-ring (bicyclic) bond motifs is 1. The van der Waals surface area contributed by atoms with Crippen molar-refractivity contribution in [3.8, 4) is 0 Å². The number of nitrogens with zero attached hydrogens (tertiary/aromatic N) is 2. The van der Waals surface area contributed by atoms with E-state index in [0.29, 0.717) is 6.04 Å². The van der Waals surface area contributed by atoms with E-state index in [4.69, 9.17) is 4.98 Å². The molecule has 4 nitrogen and oxygen atoms in total. The molecule has 1 heterocycles. The molecule has 3 rings (SSSR count). The van der Waals surface area contributed by atoms with E-state index in [9.17, 15) is 0 Å². The van der Waals surface area contributed by atoms with Gasteiger partial charge in [-0.2, -0.15) is 0 Å². The molecule has 1 saturated carbocycles. The molecule has 0 amide bonds. The zero-order valence-electron chi connectivity index (χ0n) is 12.7. The Labute approximate surface area is 148 Å². The maximum atomic E-state index is 4.79. The molecule has 21 heavy (non-hydrogen) atoms. The van der Waals surface area contributed by atoms with Gasteiger partial charge in [-0.3, -0.25) is 4.99 Å². The number of hydrogen-bond donors (Lipinski definition) is 2. The molecule has 1 aromatic heterocycles. The van der Waals surface area contributed by atoms with Crippen molar-refractivity contribution in [3.05, 3.63) is 15.6 Å². The van der Waals surface area contributed by atoms with Gasteiger partial charge in [0.1, 0.15) is 0 Å². The fourth-order valence-corrected chi connectivity index (χ4v) is 3.77. The minimum atomic E-state index is 0. The highest BCUT2D eigenvalue weighted by Gasteiger charge is 2.22. The molecule has 0 saturated heterocycles. The number of aryl methyl sites for hydroxylation is 3. The molecule has 2 aliphatic carbocycles. The molecule has 0 aliphatic heterocycles. The molecule has 1 aromatic rings. The van der Waals surface area contributed by atoms with Crippen molar-refractivity contribution in [1.29, 1.82) is 0 Å². The second kappa shape index (κ2) is 8.31. The maximum absolute atomic E-state index is 4.79. The summed E-state index contributed by atoms with van der Waals surface area (Å²) in [5, 5.41) is 8.12. The van der Waals surface area contributed by atoms with E-state index in [1.807, 2.05) is 18.4 Å². The van der Waals surface area contributed by atoms with E-state index in [2.05, 4.69) is 15.6 Å². The van der Waals surface area contributed by atoms with Gasteiger partial charge in [0.05, 0.1) is 10.7 Å². The zero-order valence-corrected chi connectivity index (χ0v) is 15.8. The van der Waals surface area contributed by atoms with E-state index >= 15 is 0 Å². The topological polar surface area (TPSA) is 49.3 Å². The predicted molar refractivity (Wildman–Crippen MR) is 100 cm³/mol. The van der Waals surface area contributed by atoms with Crippen molar-refractivity contribution in [2.75, 3.05) is 13.6 Å². The van der Waals surface area contributed by atoms with Crippen molar-refractivity contribution in [1.82, 2.24) is 15.6 Å². The lowest BCUT2D eigenvalue weighted by Crippen LogP contribution is -2.39. The summed E-state index contributed by atoms with van der Waals surface area (Å²) in [6, 6.07) is 0.659. The summed E-state index contributed by atoms with van der Waals surface area (Å²) >= 11 is 1.94. The van der Waals surface area contributed by atoms with E-state index < -0.39 is 0 Å². The van der Waals surface area contributed by atoms with E-state index in [0.717, 1.165) is 25.3 Å².